The first-order chi connectivity index (χ1) is 16.8. The number of halogens is 1. The molecule has 6 atom stereocenters. The molecule has 1 saturated heterocycles. The van der Waals surface area contributed by atoms with Crippen molar-refractivity contribution in [3.63, 3.8) is 0 Å². The molecule has 1 aliphatic heterocycles. The first kappa shape index (κ1) is 29.2. The van der Waals surface area contributed by atoms with Gasteiger partial charge in [0.05, 0.1) is 0 Å². The van der Waals surface area contributed by atoms with E-state index in [-0.39, 0.29) is 6.61 Å². The van der Waals surface area contributed by atoms with E-state index in [2.05, 4.69) is 15.9 Å². The van der Waals surface area contributed by atoms with Crippen LogP contribution in [-0.2, 0) is 52.4 Å². The molecule has 1 fully saturated rings. The average molecular weight is 573 g/mol. The molecule has 0 aromatic heterocycles. The largest absolute Gasteiger partial charge is 0.463 e. The fourth-order valence-corrected chi connectivity index (χ4v) is 4.43. The molecule has 1 aliphatic rings. The molecule has 198 valence electrons. The van der Waals surface area contributed by atoms with Gasteiger partial charge in [0.1, 0.15) is 18.8 Å². The standard InChI is InChI=1S/C24H29BrO11/c1-11-9-17(25)7-8-18(11)20(32-13(3)27)22-24(35-16(6)30)23(34-15(5)29)21(33-14(4)28)19(36-22)10-31-12(2)26/h7-9,19-24H,10H2,1-6H3/t19?,20?,21-,22-,23+,24?/m1/s1. The zero-order valence-electron chi connectivity index (χ0n) is 20.8. The average Bonchev–Trinajstić information content (AvgIpc) is 2.73. The van der Waals surface area contributed by atoms with Gasteiger partial charge in [-0.25, -0.2) is 0 Å². The summed E-state index contributed by atoms with van der Waals surface area (Å²) in [4.78, 5) is 59.7. The van der Waals surface area contributed by atoms with E-state index in [4.69, 9.17) is 28.4 Å². The summed E-state index contributed by atoms with van der Waals surface area (Å²) in [6.07, 6.45) is -7.59. The predicted molar refractivity (Wildman–Crippen MR) is 125 cm³/mol. The van der Waals surface area contributed by atoms with Crippen molar-refractivity contribution in [1.29, 1.82) is 0 Å². The van der Waals surface area contributed by atoms with Crippen molar-refractivity contribution in [2.75, 3.05) is 6.61 Å². The number of carbonyl (C=O) groups excluding carboxylic acids is 5. The highest BCUT2D eigenvalue weighted by atomic mass is 79.9. The van der Waals surface area contributed by atoms with E-state index in [1.54, 1.807) is 25.1 Å². The number of esters is 5. The highest BCUT2D eigenvalue weighted by Gasteiger charge is 2.55. The molecule has 0 bridgehead atoms. The second kappa shape index (κ2) is 12.8. The number of hydrogen-bond acceptors (Lipinski definition) is 11. The summed E-state index contributed by atoms with van der Waals surface area (Å²) in [5, 5.41) is 0. The Labute approximate surface area is 216 Å². The minimum Gasteiger partial charge on any atom is -0.463 e. The van der Waals surface area contributed by atoms with Crippen molar-refractivity contribution in [2.45, 2.75) is 78.2 Å². The molecule has 12 heteroatoms. The molecule has 0 N–H and O–H groups in total. The summed E-state index contributed by atoms with van der Waals surface area (Å²) in [6, 6.07) is 5.21. The van der Waals surface area contributed by atoms with Crippen LogP contribution in [0.15, 0.2) is 22.7 Å². The second-order valence-electron chi connectivity index (χ2n) is 8.19. The van der Waals surface area contributed by atoms with Gasteiger partial charge in [0, 0.05) is 39.1 Å². The Morgan fingerprint density at radius 2 is 1.39 bits per heavy atom. The molecule has 1 heterocycles. The lowest BCUT2D eigenvalue weighted by molar-refractivity contribution is -0.268. The third kappa shape index (κ3) is 8.02. The zero-order chi connectivity index (χ0) is 27.2. The Morgan fingerprint density at radius 3 is 1.89 bits per heavy atom. The maximum absolute atomic E-state index is 12.1. The summed E-state index contributed by atoms with van der Waals surface area (Å²) in [7, 11) is 0. The minimum absolute atomic E-state index is 0.388. The first-order valence-electron chi connectivity index (χ1n) is 11.0. The smallest absolute Gasteiger partial charge is 0.303 e. The van der Waals surface area contributed by atoms with Gasteiger partial charge in [-0.3, -0.25) is 24.0 Å². The van der Waals surface area contributed by atoms with Gasteiger partial charge in [0.2, 0.25) is 0 Å². The lowest BCUT2D eigenvalue weighted by atomic mass is 9.87. The Bertz CT molecular complexity index is 1010. The summed E-state index contributed by atoms with van der Waals surface area (Å²) >= 11 is 3.39. The van der Waals surface area contributed by atoms with E-state index in [0.29, 0.717) is 11.1 Å². The molecule has 1 aromatic rings. The lowest BCUT2D eigenvalue weighted by Gasteiger charge is -2.46. The number of carbonyl (C=O) groups is 5. The normalized spacial score (nSPS) is 24.1. The van der Waals surface area contributed by atoms with Gasteiger partial charge >= 0.3 is 29.8 Å². The van der Waals surface area contributed by atoms with Gasteiger partial charge < -0.3 is 28.4 Å². The van der Waals surface area contributed by atoms with Crippen LogP contribution >= 0.6 is 15.9 Å². The van der Waals surface area contributed by atoms with Gasteiger partial charge in [-0.05, 0) is 30.2 Å². The molecular formula is C24H29BrO11. The van der Waals surface area contributed by atoms with Crippen LogP contribution < -0.4 is 0 Å². The lowest BCUT2D eigenvalue weighted by Crippen LogP contribution is -2.63. The summed E-state index contributed by atoms with van der Waals surface area (Å²) in [5.41, 5.74) is 1.23. The maximum atomic E-state index is 12.1. The van der Waals surface area contributed by atoms with Crippen molar-refractivity contribution in [2.24, 2.45) is 0 Å². The Morgan fingerprint density at radius 1 is 0.833 bits per heavy atom. The van der Waals surface area contributed by atoms with Crippen LogP contribution in [0.25, 0.3) is 0 Å². The molecule has 11 nitrogen and oxygen atoms in total. The highest BCUT2D eigenvalue weighted by molar-refractivity contribution is 9.10. The number of rotatable bonds is 8. The molecule has 1 aromatic carbocycles. The third-order valence-corrected chi connectivity index (χ3v) is 5.65. The fourth-order valence-electron chi connectivity index (χ4n) is 3.95. The number of ether oxygens (including phenoxy) is 6. The van der Waals surface area contributed by atoms with Gasteiger partial charge in [0.15, 0.2) is 24.4 Å². The van der Waals surface area contributed by atoms with Crippen LogP contribution in [0.1, 0.15) is 51.8 Å². The van der Waals surface area contributed by atoms with E-state index in [0.717, 1.165) is 25.2 Å². The van der Waals surface area contributed by atoms with Crippen LogP contribution in [0.2, 0.25) is 0 Å². The first-order valence-corrected chi connectivity index (χ1v) is 11.8. The molecule has 0 amide bonds. The SMILES string of the molecule is CC(=O)OCC1O[C@H](C(OC(C)=O)c2ccc(Br)cc2C)C(OC(C)=O)[C@@H](OC(C)=O)[C@@H]1OC(C)=O. The van der Waals surface area contributed by atoms with Gasteiger partial charge in [-0.2, -0.15) is 0 Å². The van der Waals surface area contributed by atoms with E-state index < -0.39 is 66.5 Å². The molecule has 0 spiro atoms. The van der Waals surface area contributed by atoms with Crippen LogP contribution in [0.4, 0.5) is 0 Å². The zero-order valence-corrected chi connectivity index (χ0v) is 22.4. The van der Waals surface area contributed by atoms with Crippen molar-refractivity contribution in [3.8, 4) is 0 Å². The van der Waals surface area contributed by atoms with Crippen molar-refractivity contribution < 1.29 is 52.4 Å². The Kier molecular flexibility index (Phi) is 10.4. The molecule has 0 aliphatic carbocycles. The number of aryl methyl sites for hydroxylation is 1. The minimum atomic E-state index is -1.37. The molecule has 0 radical (unpaired) electrons. The monoisotopic (exact) mass is 572 g/mol. The van der Waals surface area contributed by atoms with Crippen LogP contribution in [0.3, 0.4) is 0 Å². The van der Waals surface area contributed by atoms with Gasteiger partial charge in [-0.15, -0.1) is 0 Å². The predicted octanol–water partition coefficient (Wildman–Crippen LogP) is 2.49. The highest BCUT2D eigenvalue weighted by Crippen LogP contribution is 2.38. The molecule has 0 saturated carbocycles. The number of hydrogen-bond donors (Lipinski definition) is 0. The van der Waals surface area contributed by atoms with Gasteiger partial charge in [0.25, 0.3) is 0 Å². The molecule has 2 rings (SSSR count). The van der Waals surface area contributed by atoms with Crippen LogP contribution in [-0.4, -0.2) is 67.0 Å². The van der Waals surface area contributed by atoms with E-state index >= 15 is 0 Å². The Balaban J connectivity index is 2.69. The quantitative estimate of drug-likeness (QED) is 0.335. The van der Waals surface area contributed by atoms with Crippen molar-refractivity contribution >= 4 is 45.8 Å². The summed E-state index contributed by atoms with van der Waals surface area (Å²) in [5.74, 6) is -3.54. The van der Waals surface area contributed by atoms with Crippen LogP contribution in [0, 0.1) is 6.92 Å². The van der Waals surface area contributed by atoms with E-state index in [1.165, 1.54) is 13.8 Å². The Hall–Kier alpha value is -2.99. The van der Waals surface area contributed by atoms with E-state index in [9.17, 15) is 24.0 Å². The summed E-state index contributed by atoms with van der Waals surface area (Å²) < 4.78 is 34.0. The topological polar surface area (TPSA) is 141 Å². The van der Waals surface area contributed by atoms with Crippen molar-refractivity contribution in [1.82, 2.24) is 0 Å². The van der Waals surface area contributed by atoms with Crippen LogP contribution in [0.5, 0.6) is 0 Å². The summed E-state index contributed by atoms with van der Waals surface area (Å²) in [6.45, 7) is 7.17. The van der Waals surface area contributed by atoms with Crippen molar-refractivity contribution in [3.05, 3.63) is 33.8 Å². The molecular weight excluding hydrogens is 544 g/mol. The molecule has 3 unspecified atom stereocenters. The van der Waals surface area contributed by atoms with Gasteiger partial charge in [-0.1, -0.05) is 22.0 Å². The fraction of sp³-hybridized carbons (Fsp3) is 0.542. The maximum Gasteiger partial charge on any atom is 0.303 e. The molecule has 36 heavy (non-hydrogen) atoms. The second-order valence-corrected chi connectivity index (χ2v) is 9.11. The van der Waals surface area contributed by atoms with E-state index in [1.807, 2.05) is 0 Å². The number of benzene rings is 1. The third-order valence-electron chi connectivity index (χ3n) is 5.16.